The highest BCUT2D eigenvalue weighted by Gasteiger charge is 2.32. The van der Waals surface area contributed by atoms with Crippen molar-refractivity contribution in [3.05, 3.63) is 47.4 Å². The standard InChI is InChI=1S/C20H22ClN3O5S/c1-30(27,28)18-5-3-14(10-17(18)21)16(9-13-2-4-15(8-13)29-12-25)20(26)24-19-11-22-6-7-23-19/h3,5-7,10-13,15-16H,2,4,8-9H2,1H3,(H,23,24,26)/t13?,15?,16-/m1/s1. The van der Waals surface area contributed by atoms with Crippen LogP contribution in [0.25, 0.3) is 0 Å². The van der Waals surface area contributed by atoms with Gasteiger partial charge in [0, 0.05) is 18.6 Å². The average molecular weight is 452 g/mol. The molecule has 0 aliphatic heterocycles. The Bertz CT molecular complexity index is 1020. The lowest BCUT2D eigenvalue weighted by molar-refractivity contribution is -0.133. The zero-order valence-electron chi connectivity index (χ0n) is 16.3. The lowest BCUT2D eigenvalue weighted by Gasteiger charge is -2.21. The van der Waals surface area contributed by atoms with E-state index >= 15 is 0 Å². The van der Waals surface area contributed by atoms with E-state index in [9.17, 15) is 18.0 Å². The Labute approximate surface area is 179 Å². The third kappa shape index (κ3) is 5.54. The molecule has 1 aromatic heterocycles. The van der Waals surface area contributed by atoms with Crippen molar-refractivity contribution >= 4 is 39.6 Å². The lowest BCUT2D eigenvalue weighted by atomic mass is 9.87. The molecule has 8 nitrogen and oxygen atoms in total. The Morgan fingerprint density at radius 2 is 2.17 bits per heavy atom. The Hall–Kier alpha value is -2.52. The van der Waals surface area contributed by atoms with Crippen molar-refractivity contribution in [3.63, 3.8) is 0 Å². The number of halogens is 1. The van der Waals surface area contributed by atoms with Gasteiger partial charge in [-0.3, -0.25) is 14.6 Å². The Morgan fingerprint density at radius 3 is 2.80 bits per heavy atom. The van der Waals surface area contributed by atoms with Gasteiger partial charge in [0.15, 0.2) is 15.7 Å². The van der Waals surface area contributed by atoms with Crippen LogP contribution in [0.5, 0.6) is 0 Å². The van der Waals surface area contributed by atoms with Crippen molar-refractivity contribution in [3.8, 4) is 0 Å². The number of carbonyl (C=O) groups excluding carboxylic acids is 2. The van der Waals surface area contributed by atoms with Gasteiger partial charge >= 0.3 is 0 Å². The van der Waals surface area contributed by atoms with Gasteiger partial charge in [0.05, 0.1) is 22.0 Å². The molecule has 1 heterocycles. The van der Waals surface area contributed by atoms with Crippen LogP contribution in [0.15, 0.2) is 41.7 Å². The number of carbonyl (C=O) groups is 2. The van der Waals surface area contributed by atoms with E-state index in [1.165, 1.54) is 30.7 Å². The Morgan fingerprint density at radius 1 is 1.37 bits per heavy atom. The van der Waals surface area contributed by atoms with Crippen LogP contribution in [0, 0.1) is 5.92 Å². The molecule has 1 aliphatic rings. The molecule has 0 saturated heterocycles. The van der Waals surface area contributed by atoms with E-state index in [1.807, 2.05) is 0 Å². The average Bonchev–Trinajstić information content (AvgIpc) is 3.13. The molecule has 1 aromatic carbocycles. The van der Waals surface area contributed by atoms with Gasteiger partial charge in [-0.1, -0.05) is 17.7 Å². The molecule has 1 fully saturated rings. The molecule has 2 unspecified atom stereocenters. The second kappa shape index (κ2) is 9.53. The van der Waals surface area contributed by atoms with E-state index in [1.54, 1.807) is 6.07 Å². The lowest BCUT2D eigenvalue weighted by Crippen LogP contribution is -2.24. The quantitative estimate of drug-likeness (QED) is 0.613. The summed E-state index contributed by atoms with van der Waals surface area (Å²) in [6.07, 6.45) is 8.09. The summed E-state index contributed by atoms with van der Waals surface area (Å²) in [6, 6.07) is 4.55. The Kier molecular flexibility index (Phi) is 7.04. The van der Waals surface area contributed by atoms with E-state index in [2.05, 4.69) is 15.3 Å². The van der Waals surface area contributed by atoms with Crippen molar-refractivity contribution in [2.24, 2.45) is 5.92 Å². The summed E-state index contributed by atoms with van der Waals surface area (Å²) < 4.78 is 28.8. The summed E-state index contributed by atoms with van der Waals surface area (Å²) in [7, 11) is -3.48. The summed E-state index contributed by atoms with van der Waals surface area (Å²) in [6.45, 7) is 0.453. The van der Waals surface area contributed by atoms with Crippen LogP contribution >= 0.6 is 11.6 Å². The normalized spacial score (nSPS) is 19.8. The molecule has 1 aliphatic carbocycles. The fraction of sp³-hybridized carbons (Fsp3) is 0.400. The smallest absolute Gasteiger partial charge is 0.293 e. The number of aromatic nitrogens is 2. The van der Waals surface area contributed by atoms with Crippen molar-refractivity contribution in [1.82, 2.24) is 9.97 Å². The summed E-state index contributed by atoms with van der Waals surface area (Å²) in [4.78, 5) is 31.7. The molecule has 1 amide bonds. The first-order chi connectivity index (χ1) is 14.3. The van der Waals surface area contributed by atoms with Crippen LogP contribution in [0.2, 0.25) is 5.02 Å². The molecule has 0 radical (unpaired) electrons. The van der Waals surface area contributed by atoms with Gasteiger partial charge in [0.1, 0.15) is 6.10 Å². The highest BCUT2D eigenvalue weighted by molar-refractivity contribution is 7.90. The number of ether oxygens (including phenoxy) is 1. The molecule has 0 spiro atoms. The maximum atomic E-state index is 13.1. The van der Waals surface area contributed by atoms with Crippen LogP contribution in [0.4, 0.5) is 5.82 Å². The van der Waals surface area contributed by atoms with Crippen LogP contribution in [0.1, 0.15) is 37.2 Å². The topological polar surface area (TPSA) is 115 Å². The maximum Gasteiger partial charge on any atom is 0.293 e. The second-order valence-corrected chi connectivity index (χ2v) is 9.75. The van der Waals surface area contributed by atoms with E-state index in [0.717, 1.165) is 19.1 Å². The number of hydrogen-bond donors (Lipinski definition) is 1. The van der Waals surface area contributed by atoms with Gasteiger partial charge in [-0.25, -0.2) is 13.4 Å². The number of hydrogen-bond acceptors (Lipinski definition) is 7. The minimum Gasteiger partial charge on any atom is -0.465 e. The van der Waals surface area contributed by atoms with Crippen LogP contribution in [-0.4, -0.2) is 43.1 Å². The molecule has 2 aromatic rings. The maximum absolute atomic E-state index is 13.1. The van der Waals surface area contributed by atoms with Gasteiger partial charge < -0.3 is 10.1 Å². The first kappa shape index (κ1) is 22.2. The molecule has 3 rings (SSSR count). The number of nitrogens with zero attached hydrogens (tertiary/aromatic N) is 2. The van der Waals surface area contributed by atoms with Crippen molar-refractivity contribution in [2.45, 2.75) is 42.6 Å². The minimum atomic E-state index is -3.48. The Balaban J connectivity index is 1.86. The summed E-state index contributed by atoms with van der Waals surface area (Å²) in [5.41, 5.74) is 0.605. The molecule has 30 heavy (non-hydrogen) atoms. The molecule has 10 heteroatoms. The molecule has 1 N–H and O–H groups in total. The first-order valence-corrected chi connectivity index (χ1v) is 11.7. The van der Waals surface area contributed by atoms with Gasteiger partial charge in [-0.2, -0.15) is 0 Å². The highest BCUT2D eigenvalue weighted by Crippen LogP contribution is 2.37. The predicted octanol–water partition coefficient (Wildman–Crippen LogP) is 2.99. The van der Waals surface area contributed by atoms with Gasteiger partial charge in [-0.15, -0.1) is 0 Å². The monoisotopic (exact) mass is 451 g/mol. The zero-order valence-corrected chi connectivity index (χ0v) is 17.9. The molecule has 3 atom stereocenters. The molecule has 160 valence electrons. The fourth-order valence-corrected chi connectivity index (χ4v) is 5.12. The summed E-state index contributed by atoms with van der Waals surface area (Å²) in [5, 5.41) is 2.82. The van der Waals surface area contributed by atoms with Crippen molar-refractivity contribution in [2.75, 3.05) is 11.6 Å². The van der Waals surface area contributed by atoms with Crippen LogP contribution in [0.3, 0.4) is 0 Å². The number of sulfone groups is 1. The van der Waals surface area contributed by atoms with E-state index < -0.39 is 15.8 Å². The van der Waals surface area contributed by atoms with Crippen molar-refractivity contribution in [1.29, 1.82) is 0 Å². The number of benzene rings is 1. The SMILES string of the molecule is CS(=O)(=O)c1ccc([C@@H](CC2CCC(OC=O)C2)C(=O)Nc2cnccn2)cc1Cl. The third-order valence-corrected chi connectivity index (χ3v) is 6.78. The number of amides is 1. The van der Waals surface area contributed by atoms with Crippen LogP contribution < -0.4 is 5.32 Å². The van der Waals surface area contributed by atoms with Crippen LogP contribution in [-0.2, 0) is 24.2 Å². The number of rotatable bonds is 8. The number of anilines is 1. The zero-order chi connectivity index (χ0) is 21.7. The summed E-state index contributed by atoms with van der Waals surface area (Å²) >= 11 is 6.21. The van der Waals surface area contributed by atoms with E-state index in [0.29, 0.717) is 30.7 Å². The van der Waals surface area contributed by atoms with Gasteiger partial charge in [0.25, 0.3) is 6.47 Å². The second-order valence-electron chi connectivity index (χ2n) is 7.36. The fourth-order valence-electron chi connectivity index (χ4n) is 3.78. The van der Waals surface area contributed by atoms with E-state index in [4.69, 9.17) is 16.3 Å². The van der Waals surface area contributed by atoms with Gasteiger partial charge in [-0.05, 0) is 49.3 Å². The third-order valence-electron chi connectivity index (χ3n) is 5.20. The predicted molar refractivity (Wildman–Crippen MR) is 111 cm³/mol. The van der Waals surface area contributed by atoms with Crippen molar-refractivity contribution < 1.29 is 22.7 Å². The molecule has 0 bridgehead atoms. The molecular formula is C20H22ClN3O5S. The molecule has 1 saturated carbocycles. The number of nitrogens with one attached hydrogen (secondary N) is 1. The molecular weight excluding hydrogens is 430 g/mol. The summed E-state index contributed by atoms with van der Waals surface area (Å²) in [5.74, 6) is -0.391. The van der Waals surface area contributed by atoms with E-state index in [-0.39, 0.29) is 27.8 Å². The minimum absolute atomic E-state index is 0.0151. The van der Waals surface area contributed by atoms with Gasteiger partial charge in [0.2, 0.25) is 5.91 Å². The first-order valence-electron chi connectivity index (χ1n) is 9.43. The highest BCUT2D eigenvalue weighted by atomic mass is 35.5. The largest absolute Gasteiger partial charge is 0.465 e.